The minimum Gasteiger partial charge on any atom is -0.497 e. The highest BCUT2D eigenvalue weighted by atomic mass is 32.2. The second-order valence-corrected chi connectivity index (χ2v) is 7.63. The Morgan fingerprint density at radius 3 is 1.74 bits per heavy atom. The molecule has 6 heteroatoms. The Morgan fingerprint density at radius 2 is 1.35 bits per heavy atom. The van der Waals surface area contributed by atoms with Crippen molar-refractivity contribution in [3.63, 3.8) is 0 Å². The van der Waals surface area contributed by atoms with Crippen LogP contribution in [0.5, 0.6) is 11.5 Å². The lowest BCUT2D eigenvalue weighted by molar-refractivity contribution is 0.414. The van der Waals surface area contributed by atoms with Gasteiger partial charge in [0.2, 0.25) is 9.84 Å². The van der Waals surface area contributed by atoms with Gasteiger partial charge < -0.3 is 9.47 Å². The number of rotatable bonds is 5. The smallest absolute Gasteiger partial charge is 0.203 e. The Bertz CT molecular complexity index is 799. The van der Waals surface area contributed by atoms with Gasteiger partial charge in [-0.25, -0.2) is 8.42 Å². The summed E-state index contributed by atoms with van der Waals surface area (Å²) in [5, 5.41) is 3.11. The van der Waals surface area contributed by atoms with Gasteiger partial charge in [-0.15, -0.1) is 0 Å². The fourth-order valence-electron chi connectivity index (χ4n) is 2.86. The maximum absolute atomic E-state index is 13.1. The average molecular weight is 333 g/mol. The lowest BCUT2D eigenvalue weighted by Crippen LogP contribution is -2.27. The van der Waals surface area contributed by atoms with E-state index in [1.54, 1.807) is 62.8 Å². The molecule has 1 aliphatic rings. The van der Waals surface area contributed by atoms with Gasteiger partial charge >= 0.3 is 0 Å². The van der Waals surface area contributed by atoms with E-state index in [2.05, 4.69) is 5.32 Å². The van der Waals surface area contributed by atoms with Crippen LogP contribution in [0.2, 0.25) is 0 Å². The lowest BCUT2D eigenvalue weighted by Gasteiger charge is -2.17. The van der Waals surface area contributed by atoms with Crippen molar-refractivity contribution in [3.05, 3.63) is 54.1 Å². The molecular weight excluding hydrogens is 314 g/mol. The molecule has 1 fully saturated rings. The number of nitrogens with one attached hydrogen (secondary N) is 1. The largest absolute Gasteiger partial charge is 0.497 e. The SMILES string of the molecule is COc1ccc(C2(S(=O)(=O)c3ccc(OC)cc3)NC2C)cc1. The molecule has 1 N–H and O–H groups in total. The van der Waals surface area contributed by atoms with Gasteiger partial charge in [-0.2, -0.15) is 0 Å². The molecule has 122 valence electrons. The molecule has 5 nitrogen and oxygen atoms in total. The van der Waals surface area contributed by atoms with E-state index in [-0.39, 0.29) is 10.9 Å². The topological polar surface area (TPSA) is 74.5 Å². The normalized spacial score (nSPS) is 23.3. The monoisotopic (exact) mass is 333 g/mol. The van der Waals surface area contributed by atoms with Crippen molar-refractivity contribution in [1.29, 1.82) is 0 Å². The first kappa shape index (κ1) is 15.8. The Balaban J connectivity index is 2.04. The van der Waals surface area contributed by atoms with Gasteiger partial charge in [-0.05, 0) is 48.9 Å². The van der Waals surface area contributed by atoms with Crippen LogP contribution in [0.25, 0.3) is 0 Å². The highest BCUT2D eigenvalue weighted by Crippen LogP contribution is 2.46. The van der Waals surface area contributed by atoms with Crippen LogP contribution >= 0.6 is 0 Å². The van der Waals surface area contributed by atoms with Crippen LogP contribution in [0, 0.1) is 0 Å². The van der Waals surface area contributed by atoms with E-state index < -0.39 is 14.7 Å². The summed E-state index contributed by atoms with van der Waals surface area (Å²) >= 11 is 0. The molecule has 0 saturated carbocycles. The van der Waals surface area contributed by atoms with E-state index in [1.165, 1.54) is 0 Å². The molecule has 3 rings (SSSR count). The predicted molar refractivity (Wildman–Crippen MR) is 87.4 cm³/mol. The van der Waals surface area contributed by atoms with Crippen molar-refractivity contribution < 1.29 is 17.9 Å². The molecule has 1 aliphatic heterocycles. The Morgan fingerprint density at radius 1 is 0.913 bits per heavy atom. The van der Waals surface area contributed by atoms with Crippen molar-refractivity contribution in [2.75, 3.05) is 14.2 Å². The van der Waals surface area contributed by atoms with Crippen LogP contribution < -0.4 is 14.8 Å². The van der Waals surface area contributed by atoms with E-state index in [1.807, 2.05) is 6.92 Å². The first-order valence-electron chi connectivity index (χ1n) is 7.26. The van der Waals surface area contributed by atoms with Gasteiger partial charge in [-0.1, -0.05) is 12.1 Å². The van der Waals surface area contributed by atoms with Crippen LogP contribution in [0.15, 0.2) is 53.4 Å². The molecule has 1 saturated heterocycles. The van der Waals surface area contributed by atoms with Crippen molar-refractivity contribution in [2.24, 2.45) is 0 Å². The summed E-state index contributed by atoms with van der Waals surface area (Å²) in [5.41, 5.74) is 0.710. The van der Waals surface area contributed by atoms with Gasteiger partial charge in [0.25, 0.3) is 0 Å². The maximum Gasteiger partial charge on any atom is 0.203 e. The molecule has 0 aromatic heterocycles. The third kappa shape index (κ3) is 2.38. The Labute approximate surface area is 136 Å². The van der Waals surface area contributed by atoms with Crippen molar-refractivity contribution in [1.82, 2.24) is 5.32 Å². The van der Waals surface area contributed by atoms with Crippen LogP contribution in [0.3, 0.4) is 0 Å². The van der Waals surface area contributed by atoms with Gasteiger partial charge in [0.05, 0.1) is 19.1 Å². The highest BCUT2D eigenvalue weighted by Gasteiger charge is 2.62. The molecule has 0 amide bonds. The van der Waals surface area contributed by atoms with E-state index in [0.29, 0.717) is 17.1 Å². The molecule has 0 spiro atoms. The summed E-state index contributed by atoms with van der Waals surface area (Å²) < 4.78 is 36.5. The Kier molecular flexibility index (Phi) is 3.82. The van der Waals surface area contributed by atoms with Gasteiger partial charge in [0.15, 0.2) is 4.87 Å². The van der Waals surface area contributed by atoms with Gasteiger partial charge in [-0.3, -0.25) is 5.32 Å². The van der Waals surface area contributed by atoms with Crippen molar-refractivity contribution in [2.45, 2.75) is 22.7 Å². The number of hydrogen-bond acceptors (Lipinski definition) is 5. The molecule has 2 aromatic carbocycles. The molecule has 23 heavy (non-hydrogen) atoms. The summed E-state index contributed by atoms with van der Waals surface area (Å²) in [4.78, 5) is -0.820. The molecule has 2 aromatic rings. The number of hydrogen-bond donors (Lipinski definition) is 1. The van der Waals surface area contributed by atoms with Crippen LogP contribution in [-0.4, -0.2) is 28.7 Å². The molecular formula is C17H19NO4S. The van der Waals surface area contributed by atoms with E-state index in [0.717, 1.165) is 0 Å². The summed E-state index contributed by atoms with van der Waals surface area (Å²) in [6, 6.07) is 13.4. The number of ether oxygens (including phenoxy) is 2. The van der Waals surface area contributed by atoms with E-state index >= 15 is 0 Å². The van der Waals surface area contributed by atoms with Crippen LogP contribution in [0.4, 0.5) is 0 Å². The van der Waals surface area contributed by atoms with Crippen LogP contribution in [0.1, 0.15) is 12.5 Å². The van der Waals surface area contributed by atoms with Gasteiger partial charge in [0, 0.05) is 6.04 Å². The molecule has 0 bridgehead atoms. The first-order valence-corrected chi connectivity index (χ1v) is 8.75. The molecule has 0 radical (unpaired) electrons. The predicted octanol–water partition coefficient (Wildman–Crippen LogP) is 2.32. The minimum absolute atomic E-state index is 0.164. The minimum atomic E-state index is -3.58. The molecule has 2 unspecified atom stereocenters. The summed E-state index contributed by atoms with van der Waals surface area (Å²) in [7, 11) is -0.453. The maximum atomic E-state index is 13.1. The van der Waals surface area contributed by atoms with Gasteiger partial charge in [0.1, 0.15) is 11.5 Å². The van der Waals surface area contributed by atoms with E-state index in [9.17, 15) is 8.42 Å². The second-order valence-electron chi connectivity index (χ2n) is 5.51. The summed E-state index contributed by atoms with van der Waals surface area (Å²) in [6.07, 6.45) is 0. The zero-order chi connectivity index (χ0) is 16.7. The standard InChI is InChI=1S/C17H19NO4S/c1-12-17(18-12,13-4-6-14(21-2)7-5-13)23(19,20)16-10-8-15(22-3)9-11-16/h4-12,18H,1-3H3. The zero-order valence-electron chi connectivity index (χ0n) is 13.2. The molecule has 0 aliphatic carbocycles. The summed E-state index contributed by atoms with van der Waals surface area (Å²) in [6.45, 7) is 1.87. The van der Waals surface area contributed by atoms with Crippen LogP contribution in [-0.2, 0) is 14.7 Å². The zero-order valence-corrected chi connectivity index (χ0v) is 14.1. The lowest BCUT2D eigenvalue weighted by atomic mass is 10.1. The number of benzene rings is 2. The number of sulfone groups is 1. The average Bonchev–Trinajstić information content (AvgIpc) is 3.28. The fraction of sp³-hybridized carbons (Fsp3) is 0.294. The Hall–Kier alpha value is -2.05. The third-order valence-corrected chi connectivity index (χ3v) is 6.72. The highest BCUT2D eigenvalue weighted by molar-refractivity contribution is 7.92. The molecule has 1 heterocycles. The summed E-state index contributed by atoms with van der Waals surface area (Å²) in [5.74, 6) is 1.32. The first-order chi connectivity index (χ1) is 11.0. The quantitative estimate of drug-likeness (QED) is 0.850. The van der Waals surface area contributed by atoms with Crippen molar-refractivity contribution >= 4 is 9.84 Å². The third-order valence-electron chi connectivity index (χ3n) is 4.27. The number of methoxy groups -OCH3 is 2. The second kappa shape index (κ2) is 5.54. The van der Waals surface area contributed by atoms with E-state index in [4.69, 9.17) is 9.47 Å². The molecule has 2 atom stereocenters. The fourth-order valence-corrected chi connectivity index (χ4v) is 4.97. The van der Waals surface area contributed by atoms with Crippen molar-refractivity contribution in [3.8, 4) is 11.5 Å².